The molecule has 3 heterocycles. The van der Waals surface area contributed by atoms with E-state index < -0.39 is 0 Å². The predicted octanol–water partition coefficient (Wildman–Crippen LogP) is 1.05. The molecule has 2 saturated heterocycles. The van der Waals surface area contributed by atoms with Gasteiger partial charge in [-0.3, -0.25) is 4.79 Å². The molecule has 1 aromatic heterocycles. The number of ether oxygens (including phenoxy) is 1. The van der Waals surface area contributed by atoms with E-state index in [1.165, 1.54) is 6.33 Å². The number of rotatable bonds is 3. The molecule has 0 aliphatic carbocycles. The SMILES string of the molecule is CN(C)c1ncncc1NC(=O)[C@@H]1C[C@H]2CC[C@@H]1O2. The van der Waals surface area contributed by atoms with Crippen molar-refractivity contribution in [3.05, 3.63) is 12.5 Å². The molecule has 19 heavy (non-hydrogen) atoms. The molecule has 0 saturated carbocycles. The second kappa shape index (κ2) is 4.77. The molecule has 2 fully saturated rings. The van der Waals surface area contributed by atoms with Crippen LogP contribution in [0.4, 0.5) is 11.5 Å². The lowest BCUT2D eigenvalue weighted by molar-refractivity contribution is -0.121. The summed E-state index contributed by atoms with van der Waals surface area (Å²) in [5, 5.41) is 2.93. The van der Waals surface area contributed by atoms with Crippen molar-refractivity contribution in [3.63, 3.8) is 0 Å². The van der Waals surface area contributed by atoms with Crippen LogP contribution in [-0.4, -0.2) is 42.2 Å². The second-order valence-corrected chi connectivity index (χ2v) is 5.36. The van der Waals surface area contributed by atoms with Gasteiger partial charge in [0, 0.05) is 14.1 Å². The van der Waals surface area contributed by atoms with Crippen LogP contribution >= 0.6 is 0 Å². The van der Waals surface area contributed by atoms with E-state index >= 15 is 0 Å². The number of nitrogens with zero attached hydrogens (tertiary/aromatic N) is 3. The van der Waals surface area contributed by atoms with Crippen LogP contribution in [0, 0.1) is 5.92 Å². The Bertz CT molecular complexity index is 491. The van der Waals surface area contributed by atoms with Gasteiger partial charge in [0.25, 0.3) is 0 Å². The monoisotopic (exact) mass is 262 g/mol. The van der Waals surface area contributed by atoms with E-state index in [-0.39, 0.29) is 24.0 Å². The molecule has 1 aromatic rings. The smallest absolute Gasteiger partial charge is 0.230 e. The molecular weight excluding hydrogens is 244 g/mol. The highest BCUT2D eigenvalue weighted by molar-refractivity contribution is 5.95. The Morgan fingerprint density at radius 1 is 1.47 bits per heavy atom. The van der Waals surface area contributed by atoms with E-state index in [2.05, 4.69) is 15.3 Å². The van der Waals surface area contributed by atoms with Gasteiger partial charge in [-0.1, -0.05) is 0 Å². The van der Waals surface area contributed by atoms with Gasteiger partial charge in [-0.25, -0.2) is 9.97 Å². The average Bonchev–Trinajstić information content (AvgIpc) is 3.01. The molecule has 0 radical (unpaired) electrons. The number of hydrogen-bond donors (Lipinski definition) is 1. The number of aromatic nitrogens is 2. The lowest BCUT2D eigenvalue weighted by Gasteiger charge is -2.20. The molecule has 3 atom stereocenters. The van der Waals surface area contributed by atoms with Gasteiger partial charge in [0.1, 0.15) is 12.0 Å². The highest BCUT2D eigenvalue weighted by atomic mass is 16.5. The van der Waals surface area contributed by atoms with E-state index in [0.29, 0.717) is 11.5 Å². The quantitative estimate of drug-likeness (QED) is 0.882. The van der Waals surface area contributed by atoms with Gasteiger partial charge in [-0.05, 0) is 19.3 Å². The molecule has 6 nitrogen and oxygen atoms in total. The highest BCUT2D eigenvalue weighted by Gasteiger charge is 2.44. The van der Waals surface area contributed by atoms with Crippen molar-refractivity contribution in [2.75, 3.05) is 24.3 Å². The zero-order chi connectivity index (χ0) is 13.4. The maximum atomic E-state index is 12.3. The number of fused-ring (bicyclic) bond motifs is 2. The Morgan fingerprint density at radius 3 is 2.95 bits per heavy atom. The van der Waals surface area contributed by atoms with Crippen LogP contribution in [0.25, 0.3) is 0 Å². The van der Waals surface area contributed by atoms with Gasteiger partial charge in [0.2, 0.25) is 5.91 Å². The summed E-state index contributed by atoms with van der Waals surface area (Å²) in [6.07, 6.45) is 6.40. The third kappa shape index (κ3) is 2.28. The van der Waals surface area contributed by atoms with E-state index in [0.717, 1.165) is 19.3 Å². The normalized spacial score (nSPS) is 28.4. The number of amides is 1. The van der Waals surface area contributed by atoms with Crippen molar-refractivity contribution in [2.24, 2.45) is 5.92 Å². The first-order valence-corrected chi connectivity index (χ1v) is 6.59. The standard InChI is InChI=1S/C13H18N4O2/c1-17(2)12-10(6-14-7-15-12)16-13(18)9-5-8-3-4-11(9)19-8/h6-9,11H,3-5H2,1-2H3,(H,16,18)/t8-,9-,11+/m1/s1. The first-order chi connectivity index (χ1) is 9.15. The van der Waals surface area contributed by atoms with Crippen LogP contribution in [0.3, 0.4) is 0 Å². The molecule has 6 heteroatoms. The number of nitrogens with one attached hydrogen (secondary N) is 1. The molecule has 2 bridgehead atoms. The molecule has 3 rings (SSSR count). The summed E-state index contributed by atoms with van der Waals surface area (Å²) in [6, 6.07) is 0. The number of hydrogen-bond acceptors (Lipinski definition) is 5. The molecule has 2 aliphatic rings. The molecular formula is C13H18N4O2. The summed E-state index contributed by atoms with van der Waals surface area (Å²) in [5.74, 6) is 0.700. The van der Waals surface area contributed by atoms with Crippen LogP contribution in [0.2, 0.25) is 0 Å². The van der Waals surface area contributed by atoms with Crippen molar-refractivity contribution in [1.82, 2.24) is 9.97 Å². The van der Waals surface area contributed by atoms with Crippen molar-refractivity contribution >= 4 is 17.4 Å². The number of carbonyl (C=O) groups excluding carboxylic acids is 1. The second-order valence-electron chi connectivity index (χ2n) is 5.36. The fraction of sp³-hybridized carbons (Fsp3) is 0.615. The Balaban J connectivity index is 1.73. The highest BCUT2D eigenvalue weighted by Crippen LogP contribution is 2.39. The van der Waals surface area contributed by atoms with Crippen LogP contribution in [0.1, 0.15) is 19.3 Å². The summed E-state index contributed by atoms with van der Waals surface area (Å²) in [6.45, 7) is 0. The van der Waals surface area contributed by atoms with Gasteiger partial charge in [0.05, 0.1) is 24.3 Å². The van der Waals surface area contributed by atoms with Gasteiger partial charge in [0.15, 0.2) is 5.82 Å². The summed E-state index contributed by atoms with van der Waals surface area (Å²) < 4.78 is 5.72. The minimum absolute atomic E-state index is 0.0186. The zero-order valence-corrected chi connectivity index (χ0v) is 11.2. The molecule has 0 unspecified atom stereocenters. The van der Waals surface area contributed by atoms with Crippen molar-refractivity contribution in [1.29, 1.82) is 0 Å². The summed E-state index contributed by atoms with van der Waals surface area (Å²) in [7, 11) is 3.78. The van der Waals surface area contributed by atoms with E-state index in [1.807, 2.05) is 19.0 Å². The number of anilines is 2. The average molecular weight is 262 g/mol. The molecule has 0 aromatic carbocycles. The van der Waals surface area contributed by atoms with Crippen LogP contribution in [-0.2, 0) is 9.53 Å². The van der Waals surface area contributed by atoms with Crippen molar-refractivity contribution in [2.45, 2.75) is 31.5 Å². The Hall–Kier alpha value is -1.69. The molecule has 0 spiro atoms. The van der Waals surface area contributed by atoms with Crippen molar-refractivity contribution in [3.8, 4) is 0 Å². The Labute approximate surface area is 112 Å². The molecule has 2 aliphatic heterocycles. The first-order valence-electron chi connectivity index (χ1n) is 6.59. The van der Waals surface area contributed by atoms with E-state index in [4.69, 9.17) is 4.74 Å². The van der Waals surface area contributed by atoms with Crippen LogP contribution in [0.5, 0.6) is 0 Å². The van der Waals surface area contributed by atoms with Crippen molar-refractivity contribution < 1.29 is 9.53 Å². The number of carbonyl (C=O) groups is 1. The third-order valence-electron chi connectivity index (χ3n) is 3.82. The van der Waals surface area contributed by atoms with E-state index in [1.54, 1.807) is 6.20 Å². The Morgan fingerprint density at radius 2 is 2.32 bits per heavy atom. The fourth-order valence-electron chi connectivity index (χ4n) is 2.91. The maximum absolute atomic E-state index is 12.3. The Kier molecular flexibility index (Phi) is 3.10. The minimum Gasteiger partial charge on any atom is -0.374 e. The third-order valence-corrected chi connectivity index (χ3v) is 3.82. The fourth-order valence-corrected chi connectivity index (χ4v) is 2.91. The topological polar surface area (TPSA) is 67.4 Å². The van der Waals surface area contributed by atoms with Crippen LogP contribution in [0.15, 0.2) is 12.5 Å². The van der Waals surface area contributed by atoms with Gasteiger partial charge < -0.3 is 15.0 Å². The molecule has 102 valence electrons. The summed E-state index contributed by atoms with van der Waals surface area (Å²) in [4.78, 5) is 22.3. The van der Waals surface area contributed by atoms with Crippen LogP contribution < -0.4 is 10.2 Å². The molecule has 1 N–H and O–H groups in total. The minimum atomic E-state index is -0.0334. The van der Waals surface area contributed by atoms with Gasteiger partial charge in [-0.15, -0.1) is 0 Å². The largest absolute Gasteiger partial charge is 0.374 e. The summed E-state index contributed by atoms with van der Waals surface area (Å²) >= 11 is 0. The zero-order valence-electron chi connectivity index (χ0n) is 11.2. The first kappa shape index (κ1) is 12.3. The lowest BCUT2D eigenvalue weighted by atomic mass is 9.88. The van der Waals surface area contributed by atoms with Gasteiger partial charge >= 0.3 is 0 Å². The van der Waals surface area contributed by atoms with Gasteiger partial charge in [-0.2, -0.15) is 0 Å². The predicted molar refractivity (Wildman–Crippen MR) is 71.0 cm³/mol. The maximum Gasteiger partial charge on any atom is 0.230 e. The summed E-state index contributed by atoms with van der Waals surface area (Å²) in [5.41, 5.74) is 0.653. The lowest BCUT2D eigenvalue weighted by Crippen LogP contribution is -2.31. The van der Waals surface area contributed by atoms with E-state index in [9.17, 15) is 4.79 Å². The molecule has 1 amide bonds.